The van der Waals surface area contributed by atoms with Gasteiger partial charge in [0.1, 0.15) is 0 Å². The van der Waals surface area contributed by atoms with Crippen LogP contribution in [0.2, 0.25) is 0 Å². The van der Waals surface area contributed by atoms with Gasteiger partial charge >= 0.3 is 0 Å². The van der Waals surface area contributed by atoms with Gasteiger partial charge in [-0.15, -0.1) is 0 Å². The largest absolute Gasteiger partial charge is 0.503 e. The van der Waals surface area contributed by atoms with Crippen LogP contribution < -0.4 is 10.5 Å². The van der Waals surface area contributed by atoms with Gasteiger partial charge in [0.25, 0.3) is 0 Å². The summed E-state index contributed by atoms with van der Waals surface area (Å²) >= 11 is 0. The monoisotopic (exact) mass is 182 g/mol. The normalized spacial score (nSPS) is 10.5. The van der Waals surface area contributed by atoms with Gasteiger partial charge in [0.05, 0.1) is 19.0 Å². The molecule has 0 fully saturated rings. The summed E-state index contributed by atoms with van der Waals surface area (Å²) in [6, 6.07) is 2.98. The molecule has 1 aromatic carbocycles. The lowest BCUT2D eigenvalue weighted by Gasteiger charge is -2.06. The highest BCUT2D eigenvalue weighted by atomic mass is 16.5. The number of methoxy groups -OCH3 is 1. The van der Waals surface area contributed by atoms with E-state index in [1.165, 1.54) is 25.5 Å². The van der Waals surface area contributed by atoms with Gasteiger partial charge < -0.3 is 20.8 Å². The fraction of sp³-hybridized carbons (Fsp3) is 0.125. The average Bonchev–Trinajstić information content (AvgIpc) is 2.11. The Balaban J connectivity index is 3.21. The minimum Gasteiger partial charge on any atom is -0.503 e. The molecule has 0 unspecified atom stereocenters. The van der Waals surface area contributed by atoms with E-state index in [1.807, 2.05) is 0 Å². The Bertz CT molecular complexity index is 336. The summed E-state index contributed by atoms with van der Waals surface area (Å²) in [5.74, 6) is 0.132. The molecule has 0 aliphatic rings. The van der Waals surface area contributed by atoms with Crippen LogP contribution in [0.25, 0.3) is 0 Å². The van der Waals surface area contributed by atoms with Crippen LogP contribution in [0.5, 0.6) is 11.5 Å². The molecule has 1 rings (SSSR count). The summed E-state index contributed by atoms with van der Waals surface area (Å²) in [5.41, 5.74) is 6.18. The third-order valence-electron chi connectivity index (χ3n) is 1.55. The van der Waals surface area contributed by atoms with Gasteiger partial charge in [-0.25, -0.2) is 0 Å². The van der Waals surface area contributed by atoms with E-state index in [2.05, 4.69) is 5.16 Å². The van der Waals surface area contributed by atoms with Crippen LogP contribution in [0.4, 0.5) is 5.69 Å². The van der Waals surface area contributed by atoms with E-state index in [0.717, 1.165) is 0 Å². The molecule has 13 heavy (non-hydrogen) atoms. The van der Waals surface area contributed by atoms with Crippen molar-refractivity contribution < 1.29 is 15.1 Å². The van der Waals surface area contributed by atoms with Crippen LogP contribution in [0.3, 0.4) is 0 Å². The Morgan fingerprint density at radius 1 is 1.54 bits per heavy atom. The number of ether oxygens (including phenoxy) is 1. The van der Waals surface area contributed by atoms with Crippen LogP contribution in [-0.4, -0.2) is 23.6 Å². The first kappa shape index (κ1) is 9.18. The first-order chi connectivity index (χ1) is 6.19. The van der Waals surface area contributed by atoms with Gasteiger partial charge in [-0.1, -0.05) is 5.16 Å². The first-order valence-corrected chi connectivity index (χ1v) is 3.53. The van der Waals surface area contributed by atoms with E-state index in [1.54, 1.807) is 0 Å². The van der Waals surface area contributed by atoms with Crippen molar-refractivity contribution in [3.63, 3.8) is 0 Å². The van der Waals surface area contributed by atoms with Crippen molar-refractivity contribution in [2.45, 2.75) is 0 Å². The number of aromatic hydroxyl groups is 1. The zero-order valence-corrected chi connectivity index (χ0v) is 7.06. The Morgan fingerprint density at radius 2 is 2.23 bits per heavy atom. The Morgan fingerprint density at radius 3 is 2.77 bits per heavy atom. The highest BCUT2D eigenvalue weighted by Gasteiger charge is 2.06. The topological polar surface area (TPSA) is 88.1 Å². The molecule has 0 bridgehead atoms. The predicted molar refractivity (Wildman–Crippen MR) is 48.5 cm³/mol. The molecular weight excluding hydrogens is 172 g/mol. The number of benzene rings is 1. The number of nitrogen functional groups attached to an aromatic ring is 1. The van der Waals surface area contributed by atoms with Crippen LogP contribution in [0.1, 0.15) is 5.56 Å². The van der Waals surface area contributed by atoms with E-state index in [-0.39, 0.29) is 17.2 Å². The first-order valence-electron chi connectivity index (χ1n) is 3.53. The molecule has 0 aromatic heterocycles. The molecule has 5 nitrogen and oxygen atoms in total. The Labute approximate surface area is 75.1 Å². The molecule has 70 valence electrons. The third-order valence-corrected chi connectivity index (χ3v) is 1.55. The van der Waals surface area contributed by atoms with E-state index in [4.69, 9.17) is 15.7 Å². The lowest BCUT2D eigenvalue weighted by molar-refractivity contribution is 0.322. The number of hydrogen-bond donors (Lipinski definition) is 3. The van der Waals surface area contributed by atoms with Crippen LogP contribution in [0.15, 0.2) is 17.3 Å². The van der Waals surface area contributed by atoms with Gasteiger partial charge in [0.2, 0.25) is 0 Å². The lowest BCUT2D eigenvalue weighted by atomic mass is 10.2. The zero-order valence-electron chi connectivity index (χ0n) is 7.06. The summed E-state index contributed by atoms with van der Waals surface area (Å²) in [7, 11) is 1.41. The Kier molecular flexibility index (Phi) is 2.59. The number of phenolic OH excluding ortho intramolecular Hbond substituents is 1. The van der Waals surface area contributed by atoms with Crippen LogP contribution in [-0.2, 0) is 0 Å². The van der Waals surface area contributed by atoms with E-state index in [0.29, 0.717) is 5.56 Å². The van der Waals surface area contributed by atoms with Crippen molar-refractivity contribution in [2.24, 2.45) is 5.16 Å². The molecule has 0 heterocycles. The number of phenols is 1. The molecule has 0 saturated heterocycles. The second-order valence-electron chi connectivity index (χ2n) is 2.41. The minimum absolute atomic E-state index is 0.113. The quantitative estimate of drug-likeness (QED) is 0.207. The van der Waals surface area contributed by atoms with Crippen molar-refractivity contribution in [1.29, 1.82) is 0 Å². The molecule has 0 aliphatic heterocycles. The maximum atomic E-state index is 9.33. The molecule has 1 aromatic rings. The van der Waals surface area contributed by atoms with Gasteiger partial charge in [-0.05, 0) is 12.1 Å². The maximum Gasteiger partial charge on any atom is 0.181 e. The van der Waals surface area contributed by atoms with Gasteiger partial charge in [-0.3, -0.25) is 0 Å². The molecule has 0 aliphatic carbocycles. The summed E-state index contributed by atoms with van der Waals surface area (Å²) in [4.78, 5) is 0. The van der Waals surface area contributed by atoms with Crippen molar-refractivity contribution in [3.05, 3.63) is 17.7 Å². The second-order valence-corrected chi connectivity index (χ2v) is 2.41. The number of nitrogens with two attached hydrogens (primary N) is 1. The summed E-state index contributed by atoms with van der Waals surface area (Å²) in [6.45, 7) is 0. The van der Waals surface area contributed by atoms with Crippen molar-refractivity contribution in [1.82, 2.24) is 0 Å². The van der Waals surface area contributed by atoms with E-state index >= 15 is 0 Å². The van der Waals surface area contributed by atoms with Gasteiger partial charge in [-0.2, -0.15) is 0 Å². The summed E-state index contributed by atoms with van der Waals surface area (Å²) in [5, 5.41) is 20.4. The maximum absolute atomic E-state index is 9.33. The molecule has 0 spiro atoms. The number of anilines is 1. The molecule has 0 atom stereocenters. The standard InChI is InChI=1S/C8H10N2O3/c1-13-7-3-5(4-10-12)2-6(9)8(7)11/h2-4,11-12H,9H2,1H3/b10-4-. The van der Waals surface area contributed by atoms with Crippen LogP contribution >= 0.6 is 0 Å². The van der Waals surface area contributed by atoms with Gasteiger partial charge in [0.15, 0.2) is 11.5 Å². The van der Waals surface area contributed by atoms with Crippen molar-refractivity contribution in [2.75, 3.05) is 12.8 Å². The molecule has 4 N–H and O–H groups in total. The smallest absolute Gasteiger partial charge is 0.181 e. The fourth-order valence-corrected chi connectivity index (χ4v) is 0.948. The highest BCUT2D eigenvalue weighted by Crippen LogP contribution is 2.32. The third kappa shape index (κ3) is 1.81. The SMILES string of the molecule is COc1cc(/C=N\O)cc(N)c1O. The minimum atomic E-state index is -0.113. The zero-order chi connectivity index (χ0) is 9.84. The molecule has 0 amide bonds. The number of hydrogen-bond acceptors (Lipinski definition) is 5. The van der Waals surface area contributed by atoms with E-state index in [9.17, 15) is 5.11 Å². The number of rotatable bonds is 2. The van der Waals surface area contributed by atoms with Crippen molar-refractivity contribution in [3.8, 4) is 11.5 Å². The molecule has 0 saturated carbocycles. The molecule has 5 heteroatoms. The predicted octanol–water partition coefficient (Wildman–Crippen LogP) is 0.791. The number of nitrogens with zero attached hydrogens (tertiary/aromatic N) is 1. The summed E-state index contributed by atoms with van der Waals surface area (Å²) < 4.78 is 4.84. The van der Waals surface area contributed by atoms with E-state index < -0.39 is 0 Å². The van der Waals surface area contributed by atoms with Crippen molar-refractivity contribution >= 4 is 11.9 Å². The summed E-state index contributed by atoms with van der Waals surface area (Å²) in [6.07, 6.45) is 1.19. The van der Waals surface area contributed by atoms with Crippen LogP contribution in [0, 0.1) is 0 Å². The molecule has 0 radical (unpaired) electrons. The fourth-order valence-electron chi connectivity index (χ4n) is 0.948. The average molecular weight is 182 g/mol. The highest BCUT2D eigenvalue weighted by molar-refractivity contribution is 5.83. The lowest BCUT2D eigenvalue weighted by Crippen LogP contribution is -1.93. The number of oxime groups is 1. The van der Waals surface area contributed by atoms with Gasteiger partial charge in [0, 0.05) is 5.56 Å². The Hall–Kier alpha value is -1.91. The second kappa shape index (κ2) is 3.66. The molecular formula is C8H10N2O3.